The van der Waals surface area contributed by atoms with Crippen molar-refractivity contribution in [3.8, 4) is 6.01 Å². The highest BCUT2D eigenvalue weighted by Gasteiger charge is 2.12. The number of aryl methyl sites for hydroxylation is 1. The SMILES string of the molecule is CCCNc1nc(OCC)nc(Sc2nnnn2C)n1. The zero-order chi connectivity index (χ0) is 14.4. The minimum Gasteiger partial charge on any atom is -0.464 e. The smallest absolute Gasteiger partial charge is 0.322 e. The van der Waals surface area contributed by atoms with Crippen LogP contribution >= 0.6 is 11.8 Å². The van der Waals surface area contributed by atoms with Crippen LogP contribution < -0.4 is 10.1 Å². The molecule has 0 aliphatic carbocycles. The summed E-state index contributed by atoms with van der Waals surface area (Å²) in [5.41, 5.74) is 0. The number of hydrogen-bond donors (Lipinski definition) is 1. The van der Waals surface area contributed by atoms with Crippen molar-refractivity contribution in [1.82, 2.24) is 35.2 Å². The molecule has 0 amide bonds. The number of aromatic nitrogens is 7. The van der Waals surface area contributed by atoms with Crippen LogP contribution in [0.15, 0.2) is 10.3 Å². The molecule has 9 nitrogen and oxygen atoms in total. The largest absolute Gasteiger partial charge is 0.464 e. The minimum atomic E-state index is 0.290. The molecule has 0 saturated carbocycles. The number of nitrogens with one attached hydrogen (secondary N) is 1. The van der Waals surface area contributed by atoms with Crippen molar-refractivity contribution in [1.29, 1.82) is 0 Å². The van der Waals surface area contributed by atoms with Gasteiger partial charge in [-0.05, 0) is 35.5 Å². The van der Waals surface area contributed by atoms with E-state index in [1.165, 1.54) is 11.8 Å². The minimum absolute atomic E-state index is 0.290. The molecule has 2 aromatic rings. The maximum Gasteiger partial charge on any atom is 0.322 e. The number of ether oxygens (including phenoxy) is 1. The Morgan fingerprint density at radius 2 is 2.10 bits per heavy atom. The lowest BCUT2D eigenvalue weighted by molar-refractivity contribution is 0.308. The van der Waals surface area contributed by atoms with E-state index in [1.807, 2.05) is 6.92 Å². The lowest BCUT2D eigenvalue weighted by Crippen LogP contribution is -2.08. The summed E-state index contributed by atoms with van der Waals surface area (Å²) < 4.78 is 6.89. The third kappa shape index (κ3) is 3.76. The molecule has 0 aromatic carbocycles. The van der Waals surface area contributed by atoms with E-state index in [9.17, 15) is 0 Å². The van der Waals surface area contributed by atoms with E-state index < -0.39 is 0 Å². The first-order valence-electron chi connectivity index (χ1n) is 6.25. The highest BCUT2D eigenvalue weighted by molar-refractivity contribution is 7.99. The number of hydrogen-bond acceptors (Lipinski definition) is 9. The molecule has 1 N–H and O–H groups in total. The molecule has 0 radical (unpaired) electrons. The fourth-order valence-corrected chi connectivity index (χ4v) is 1.95. The number of anilines is 1. The summed E-state index contributed by atoms with van der Waals surface area (Å²) in [5.74, 6) is 0.489. The van der Waals surface area contributed by atoms with Crippen LogP contribution in [0.1, 0.15) is 20.3 Å². The third-order valence-corrected chi connectivity index (χ3v) is 3.06. The van der Waals surface area contributed by atoms with E-state index in [0.29, 0.717) is 28.9 Å². The molecule has 10 heteroatoms. The van der Waals surface area contributed by atoms with E-state index in [4.69, 9.17) is 4.74 Å². The van der Waals surface area contributed by atoms with Gasteiger partial charge in [0.15, 0.2) is 0 Å². The van der Waals surface area contributed by atoms with Gasteiger partial charge in [-0.3, -0.25) is 0 Å². The lowest BCUT2D eigenvalue weighted by Gasteiger charge is -2.07. The molecule has 20 heavy (non-hydrogen) atoms. The van der Waals surface area contributed by atoms with Crippen molar-refractivity contribution in [2.75, 3.05) is 18.5 Å². The maximum absolute atomic E-state index is 5.34. The first kappa shape index (κ1) is 14.4. The average molecular weight is 296 g/mol. The standard InChI is InChI=1S/C10H16N8OS/c1-4-6-11-7-12-8(19-5-2)14-9(13-7)20-10-15-16-17-18(10)3/h4-6H2,1-3H3,(H,11,12,13,14). The summed E-state index contributed by atoms with van der Waals surface area (Å²) in [6.45, 7) is 5.22. The Bertz CT molecular complexity index is 560. The van der Waals surface area contributed by atoms with Gasteiger partial charge in [0.2, 0.25) is 16.3 Å². The zero-order valence-electron chi connectivity index (χ0n) is 11.6. The zero-order valence-corrected chi connectivity index (χ0v) is 12.4. The molecular formula is C10H16N8OS. The fraction of sp³-hybridized carbons (Fsp3) is 0.600. The molecule has 0 saturated heterocycles. The predicted molar refractivity (Wildman–Crippen MR) is 72.7 cm³/mol. The predicted octanol–water partition coefficient (Wildman–Crippen LogP) is 0.767. The molecular weight excluding hydrogens is 280 g/mol. The molecule has 0 aliphatic heterocycles. The van der Waals surface area contributed by atoms with Crippen molar-refractivity contribution in [2.24, 2.45) is 7.05 Å². The van der Waals surface area contributed by atoms with Gasteiger partial charge in [-0.25, -0.2) is 4.68 Å². The highest BCUT2D eigenvalue weighted by atomic mass is 32.2. The Morgan fingerprint density at radius 3 is 2.75 bits per heavy atom. The van der Waals surface area contributed by atoms with Gasteiger partial charge in [0.1, 0.15) is 0 Å². The van der Waals surface area contributed by atoms with Crippen LogP contribution in [-0.4, -0.2) is 48.3 Å². The molecule has 2 rings (SSSR count). The Hall–Kier alpha value is -1.97. The van der Waals surface area contributed by atoms with Crippen LogP contribution in [0.4, 0.5) is 5.95 Å². The summed E-state index contributed by atoms with van der Waals surface area (Å²) in [4.78, 5) is 12.7. The monoisotopic (exact) mass is 296 g/mol. The Morgan fingerprint density at radius 1 is 1.25 bits per heavy atom. The third-order valence-electron chi connectivity index (χ3n) is 2.16. The van der Waals surface area contributed by atoms with Gasteiger partial charge in [0, 0.05) is 13.6 Å². The molecule has 0 bridgehead atoms. The summed E-state index contributed by atoms with van der Waals surface area (Å²) >= 11 is 1.25. The van der Waals surface area contributed by atoms with Crippen LogP contribution in [0.3, 0.4) is 0 Å². The van der Waals surface area contributed by atoms with E-state index >= 15 is 0 Å². The highest BCUT2D eigenvalue weighted by Crippen LogP contribution is 2.23. The average Bonchev–Trinajstić information content (AvgIpc) is 2.82. The van der Waals surface area contributed by atoms with Gasteiger partial charge in [0.05, 0.1) is 6.61 Å². The molecule has 108 valence electrons. The number of tetrazole rings is 1. The quantitative estimate of drug-likeness (QED) is 0.793. The first-order valence-corrected chi connectivity index (χ1v) is 7.07. The van der Waals surface area contributed by atoms with Crippen LogP contribution in [0, 0.1) is 0 Å². The molecule has 2 heterocycles. The summed E-state index contributed by atoms with van der Waals surface area (Å²) in [7, 11) is 1.75. The second kappa shape index (κ2) is 6.98. The van der Waals surface area contributed by atoms with Crippen LogP contribution in [0.5, 0.6) is 6.01 Å². The molecule has 0 atom stereocenters. The molecule has 0 aliphatic rings. The summed E-state index contributed by atoms with van der Waals surface area (Å²) in [5, 5.41) is 15.4. The van der Waals surface area contributed by atoms with E-state index in [-0.39, 0.29) is 0 Å². The van der Waals surface area contributed by atoms with E-state index in [1.54, 1.807) is 11.7 Å². The van der Waals surface area contributed by atoms with E-state index in [0.717, 1.165) is 13.0 Å². The molecule has 0 unspecified atom stereocenters. The van der Waals surface area contributed by atoms with Crippen molar-refractivity contribution >= 4 is 17.7 Å². The number of rotatable bonds is 7. The second-order valence-electron chi connectivity index (χ2n) is 3.77. The summed E-state index contributed by atoms with van der Waals surface area (Å²) in [6, 6.07) is 0.290. The van der Waals surface area contributed by atoms with Gasteiger partial charge >= 0.3 is 6.01 Å². The normalized spacial score (nSPS) is 10.6. The van der Waals surface area contributed by atoms with Crippen molar-refractivity contribution in [3.63, 3.8) is 0 Å². The molecule has 2 aromatic heterocycles. The van der Waals surface area contributed by atoms with Gasteiger partial charge in [0.25, 0.3) is 0 Å². The lowest BCUT2D eigenvalue weighted by atomic mass is 10.5. The summed E-state index contributed by atoms with van der Waals surface area (Å²) in [6.07, 6.45) is 0.978. The first-order chi connectivity index (χ1) is 9.72. The topological polar surface area (TPSA) is 104 Å². The molecule has 0 fully saturated rings. The van der Waals surface area contributed by atoms with Crippen molar-refractivity contribution in [3.05, 3.63) is 0 Å². The van der Waals surface area contributed by atoms with E-state index in [2.05, 4.69) is 42.7 Å². The van der Waals surface area contributed by atoms with Crippen molar-refractivity contribution < 1.29 is 4.74 Å². The molecule has 0 spiro atoms. The van der Waals surface area contributed by atoms with Gasteiger partial charge in [-0.1, -0.05) is 6.92 Å². The second-order valence-corrected chi connectivity index (χ2v) is 4.71. The maximum atomic E-state index is 5.34. The van der Waals surface area contributed by atoms with Crippen LogP contribution in [0.2, 0.25) is 0 Å². The van der Waals surface area contributed by atoms with Gasteiger partial charge in [-0.15, -0.1) is 5.10 Å². The van der Waals surface area contributed by atoms with Crippen LogP contribution in [-0.2, 0) is 7.05 Å². The van der Waals surface area contributed by atoms with Gasteiger partial charge in [-0.2, -0.15) is 15.0 Å². The Labute approximate surface area is 120 Å². The van der Waals surface area contributed by atoms with Crippen LogP contribution in [0.25, 0.3) is 0 Å². The number of nitrogens with zero attached hydrogens (tertiary/aromatic N) is 7. The Kier molecular flexibility index (Phi) is 5.04. The van der Waals surface area contributed by atoms with Gasteiger partial charge < -0.3 is 10.1 Å². The Balaban J connectivity index is 2.21. The van der Waals surface area contributed by atoms with Crippen molar-refractivity contribution in [2.45, 2.75) is 30.6 Å². The fourth-order valence-electron chi connectivity index (χ4n) is 1.28.